The molecule has 0 saturated heterocycles. The number of benzene rings is 1. The third-order valence-electron chi connectivity index (χ3n) is 1.67. The van der Waals surface area contributed by atoms with Crippen LogP contribution in [0.5, 0.6) is 0 Å². The van der Waals surface area contributed by atoms with Crippen molar-refractivity contribution in [1.29, 1.82) is 0 Å². The van der Waals surface area contributed by atoms with Crippen molar-refractivity contribution in [3.63, 3.8) is 0 Å². The van der Waals surface area contributed by atoms with E-state index < -0.39 is 33.1 Å². The van der Waals surface area contributed by atoms with E-state index in [1.54, 1.807) is 0 Å². The molecular formula is C8H7NaO6S. The number of aromatic carboxylic acids is 2. The molecule has 0 saturated carbocycles. The molecule has 0 spiro atoms. The van der Waals surface area contributed by atoms with E-state index >= 15 is 0 Å². The summed E-state index contributed by atoms with van der Waals surface area (Å²) in [4.78, 5) is 20.6. The van der Waals surface area contributed by atoms with Crippen molar-refractivity contribution in [2.75, 3.05) is 0 Å². The Hall–Kier alpha value is -0.890. The zero-order chi connectivity index (χ0) is 11.6. The fourth-order valence-electron chi connectivity index (χ4n) is 0.997. The van der Waals surface area contributed by atoms with Crippen LogP contribution in [0.4, 0.5) is 0 Å². The first-order chi connectivity index (χ1) is 6.93. The summed E-state index contributed by atoms with van der Waals surface area (Å²) < 4.78 is 21.4. The Balaban J connectivity index is 0.00000225. The minimum absolute atomic E-state index is 0. The van der Waals surface area contributed by atoms with E-state index in [1.165, 1.54) is 0 Å². The number of thiol groups is 1. The van der Waals surface area contributed by atoms with Crippen molar-refractivity contribution in [3.05, 3.63) is 29.3 Å². The predicted molar refractivity (Wildman–Crippen MR) is 56.1 cm³/mol. The van der Waals surface area contributed by atoms with Crippen LogP contribution in [0.25, 0.3) is 0 Å². The third kappa shape index (κ3) is 3.31. The van der Waals surface area contributed by atoms with Gasteiger partial charge < -0.3 is 10.2 Å². The SMILES string of the molecule is O=C(O)c1ccc(C(=O)O)c([SH](=O)=O)c1.[NaH]. The molecule has 0 atom stereocenters. The van der Waals surface area contributed by atoms with Crippen LogP contribution in [0.15, 0.2) is 23.1 Å². The number of carboxylic acid groups (broad SMARTS) is 2. The maximum atomic E-state index is 10.7. The van der Waals surface area contributed by atoms with E-state index in [-0.39, 0.29) is 35.1 Å². The number of hydrogen-bond donors (Lipinski definition) is 3. The van der Waals surface area contributed by atoms with Gasteiger partial charge in [0.05, 0.1) is 16.0 Å². The second-order valence-corrected chi connectivity index (χ2v) is 3.60. The van der Waals surface area contributed by atoms with Gasteiger partial charge in [-0.1, -0.05) is 0 Å². The zero-order valence-corrected chi connectivity index (χ0v) is 8.10. The van der Waals surface area contributed by atoms with E-state index in [1.807, 2.05) is 0 Å². The zero-order valence-electron chi connectivity index (χ0n) is 7.21. The molecule has 0 bridgehead atoms. The van der Waals surface area contributed by atoms with Crippen molar-refractivity contribution < 1.29 is 28.2 Å². The summed E-state index contributed by atoms with van der Waals surface area (Å²) in [5.41, 5.74) is -0.703. The molecule has 1 rings (SSSR count). The van der Waals surface area contributed by atoms with E-state index in [0.717, 1.165) is 18.2 Å². The molecule has 0 unspecified atom stereocenters. The number of hydrogen-bond acceptors (Lipinski definition) is 4. The van der Waals surface area contributed by atoms with Gasteiger partial charge in [-0.2, -0.15) is 0 Å². The van der Waals surface area contributed by atoms with Crippen LogP contribution in [-0.2, 0) is 10.7 Å². The first kappa shape index (κ1) is 15.1. The van der Waals surface area contributed by atoms with Crippen LogP contribution in [0.3, 0.4) is 0 Å². The fourth-order valence-corrected chi connectivity index (χ4v) is 1.61. The Morgan fingerprint density at radius 1 is 1.06 bits per heavy atom. The molecule has 0 fully saturated rings. The summed E-state index contributed by atoms with van der Waals surface area (Å²) in [7, 11) is -3.13. The average Bonchev–Trinajstić information content (AvgIpc) is 2.16. The van der Waals surface area contributed by atoms with Crippen LogP contribution >= 0.6 is 0 Å². The summed E-state index contributed by atoms with van der Waals surface area (Å²) in [6.07, 6.45) is 0. The Labute approximate surface area is 114 Å². The molecule has 0 aliphatic carbocycles. The van der Waals surface area contributed by atoms with E-state index in [4.69, 9.17) is 10.2 Å². The molecule has 82 valence electrons. The summed E-state index contributed by atoms with van der Waals surface area (Å²) in [5, 5.41) is 17.2. The predicted octanol–water partition coefficient (Wildman–Crippen LogP) is -0.595. The Morgan fingerprint density at radius 3 is 2.00 bits per heavy atom. The van der Waals surface area contributed by atoms with Crippen LogP contribution in [0.1, 0.15) is 20.7 Å². The van der Waals surface area contributed by atoms with Gasteiger partial charge in [0.2, 0.25) is 0 Å². The van der Waals surface area contributed by atoms with Crippen molar-refractivity contribution in [1.82, 2.24) is 0 Å². The summed E-state index contributed by atoms with van der Waals surface area (Å²) in [6, 6.07) is 2.80. The van der Waals surface area contributed by atoms with E-state index in [9.17, 15) is 18.0 Å². The Bertz CT molecular complexity index is 499. The van der Waals surface area contributed by atoms with Crippen LogP contribution in [-0.4, -0.2) is 60.1 Å². The first-order valence-electron chi connectivity index (χ1n) is 3.68. The van der Waals surface area contributed by atoms with Gasteiger partial charge in [-0.15, -0.1) is 0 Å². The normalized spacial score (nSPS) is 9.56. The summed E-state index contributed by atoms with van der Waals surface area (Å²) >= 11 is 0. The number of carboxylic acids is 2. The minimum atomic E-state index is -3.13. The first-order valence-corrected chi connectivity index (χ1v) is 4.86. The quantitative estimate of drug-likeness (QED) is 0.491. The van der Waals surface area contributed by atoms with Gasteiger partial charge in [-0.3, -0.25) is 0 Å². The fraction of sp³-hybridized carbons (Fsp3) is 0. The molecule has 16 heavy (non-hydrogen) atoms. The van der Waals surface area contributed by atoms with Crippen molar-refractivity contribution in [2.45, 2.75) is 4.90 Å². The van der Waals surface area contributed by atoms with Gasteiger partial charge in [0.1, 0.15) is 0 Å². The van der Waals surface area contributed by atoms with Crippen molar-refractivity contribution in [3.8, 4) is 0 Å². The number of rotatable bonds is 3. The standard InChI is InChI=1S/C8H6O6S.Na.H/c9-7(10)4-1-2-5(8(11)12)6(3-4)15(13)14;;/h1-3,15H,(H,9,10)(H,11,12);;. The Kier molecular flexibility index (Phi) is 5.66. The molecular weight excluding hydrogens is 247 g/mol. The average molecular weight is 254 g/mol. The molecule has 1 aromatic rings. The molecule has 0 aliphatic rings. The maximum absolute atomic E-state index is 10.7. The van der Waals surface area contributed by atoms with Gasteiger partial charge in [0, 0.05) is 0 Å². The molecule has 0 aromatic heterocycles. The third-order valence-corrected chi connectivity index (χ3v) is 2.44. The van der Waals surface area contributed by atoms with Crippen molar-refractivity contribution in [2.24, 2.45) is 0 Å². The van der Waals surface area contributed by atoms with Gasteiger partial charge in [0.25, 0.3) is 0 Å². The molecule has 6 nitrogen and oxygen atoms in total. The topological polar surface area (TPSA) is 109 Å². The molecule has 8 heteroatoms. The van der Waals surface area contributed by atoms with E-state index in [2.05, 4.69) is 0 Å². The van der Waals surface area contributed by atoms with Gasteiger partial charge >= 0.3 is 41.5 Å². The molecule has 0 radical (unpaired) electrons. The Morgan fingerprint density at radius 2 is 1.62 bits per heavy atom. The summed E-state index contributed by atoms with van der Waals surface area (Å²) in [5.74, 6) is -2.73. The van der Waals surface area contributed by atoms with E-state index in [0.29, 0.717) is 0 Å². The van der Waals surface area contributed by atoms with Gasteiger partial charge in [-0.05, 0) is 18.2 Å². The molecule has 0 amide bonds. The molecule has 0 aliphatic heterocycles. The van der Waals surface area contributed by atoms with Crippen molar-refractivity contribution >= 4 is 52.2 Å². The number of carbonyl (C=O) groups is 2. The van der Waals surface area contributed by atoms with Gasteiger partial charge in [-0.25, -0.2) is 18.0 Å². The second-order valence-electron chi connectivity index (χ2n) is 2.60. The van der Waals surface area contributed by atoms with Crippen LogP contribution in [0.2, 0.25) is 0 Å². The molecule has 1 aromatic carbocycles. The second kappa shape index (κ2) is 6.00. The van der Waals surface area contributed by atoms with Crippen LogP contribution < -0.4 is 0 Å². The molecule has 0 heterocycles. The summed E-state index contributed by atoms with van der Waals surface area (Å²) in [6.45, 7) is 0. The monoisotopic (exact) mass is 254 g/mol. The van der Waals surface area contributed by atoms with Crippen LogP contribution in [0, 0.1) is 0 Å². The molecule has 2 N–H and O–H groups in total. The van der Waals surface area contributed by atoms with Gasteiger partial charge in [0.15, 0.2) is 10.7 Å².